The largest absolute Gasteiger partial charge is 0.486 e. The summed E-state index contributed by atoms with van der Waals surface area (Å²) in [7, 11) is 1.15. The van der Waals surface area contributed by atoms with Crippen LogP contribution < -0.4 is 4.74 Å². The van der Waals surface area contributed by atoms with Crippen molar-refractivity contribution < 1.29 is 23.6 Å². The third-order valence-corrected chi connectivity index (χ3v) is 9.10. The number of esters is 1. The molecule has 3 unspecified atom stereocenters. The molecule has 2 heterocycles. The van der Waals surface area contributed by atoms with E-state index >= 15 is 0 Å². The molecule has 5 fully saturated rings. The maximum Gasteiger partial charge on any atom is 0.461 e. The molecular formula is C27H32BNO5. The van der Waals surface area contributed by atoms with Crippen LogP contribution in [0.5, 0.6) is 5.75 Å². The van der Waals surface area contributed by atoms with E-state index in [2.05, 4.69) is 25.8 Å². The molecule has 0 amide bonds. The Morgan fingerprint density at radius 2 is 1.94 bits per heavy atom. The normalized spacial score (nSPS) is 34.7. The molecule has 0 radical (unpaired) electrons. The summed E-state index contributed by atoms with van der Waals surface area (Å²) in [6, 6.07) is 11.9. The first-order valence-electron chi connectivity index (χ1n) is 12.4. The zero-order valence-electron chi connectivity index (χ0n) is 20.3. The first-order valence-corrected chi connectivity index (χ1v) is 12.4. The molecule has 4 aliphatic carbocycles. The van der Waals surface area contributed by atoms with E-state index < -0.39 is 5.97 Å². The summed E-state index contributed by atoms with van der Waals surface area (Å²) in [4.78, 5) is 16.8. The van der Waals surface area contributed by atoms with Crippen molar-refractivity contribution >= 4 is 13.1 Å². The number of ether oxygens (including phenoxy) is 2. The number of pyridine rings is 1. The van der Waals surface area contributed by atoms with E-state index in [-0.39, 0.29) is 36.3 Å². The van der Waals surface area contributed by atoms with Crippen LogP contribution >= 0.6 is 0 Å². The van der Waals surface area contributed by atoms with E-state index in [0.29, 0.717) is 23.7 Å². The SMILES string of the molecule is COC(=O)c1nccc([C@@H]2C[C@@H]2B2OC3CC4CC(C4(C)C)[C@]3(C)O2)c1OCc1ccccc1. The molecule has 0 spiro atoms. The summed E-state index contributed by atoms with van der Waals surface area (Å²) in [5.74, 6) is 1.74. The number of methoxy groups -OCH3 is 1. The zero-order valence-corrected chi connectivity index (χ0v) is 20.3. The lowest BCUT2D eigenvalue weighted by molar-refractivity contribution is -0.199. The van der Waals surface area contributed by atoms with Gasteiger partial charge in [-0.1, -0.05) is 44.2 Å². The van der Waals surface area contributed by atoms with Crippen LogP contribution in [0.15, 0.2) is 42.6 Å². The molecular weight excluding hydrogens is 429 g/mol. The monoisotopic (exact) mass is 461 g/mol. The summed E-state index contributed by atoms with van der Waals surface area (Å²) in [6.07, 6.45) is 5.11. The number of benzene rings is 1. The van der Waals surface area contributed by atoms with E-state index in [1.54, 1.807) is 6.20 Å². The van der Waals surface area contributed by atoms with Gasteiger partial charge in [0.1, 0.15) is 6.61 Å². The van der Waals surface area contributed by atoms with Gasteiger partial charge in [-0.15, -0.1) is 0 Å². The minimum Gasteiger partial charge on any atom is -0.486 e. The standard InChI is InChI=1S/C27H32BNO5/c1-26(2)17-12-21(26)27(3)22(13-17)33-28(34-27)20-14-19(20)18-10-11-29-23(25(30)31-4)24(18)32-15-16-8-6-5-7-9-16/h5-11,17,19-22H,12-15H2,1-4H3/t17?,19-,20-,21?,22?,27-/m0/s1. The van der Waals surface area contributed by atoms with Gasteiger partial charge in [-0.25, -0.2) is 9.78 Å². The Balaban J connectivity index is 1.23. The topological polar surface area (TPSA) is 66.9 Å². The number of hydrogen-bond acceptors (Lipinski definition) is 6. The van der Waals surface area contributed by atoms with Crippen molar-refractivity contribution in [3.05, 3.63) is 59.4 Å². The molecule has 34 heavy (non-hydrogen) atoms. The Bertz CT molecular complexity index is 1110. The summed E-state index contributed by atoms with van der Waals surface area (Å²) in [5, 5.41) is 0. The molecule has 6 atom stereocenters. The number of carbonyl (C=O) groups is 1. The van der Waals surface area contributed by atoms with Crippen molar-refractivity contribution in [2.75, 3.05) is 7.11 Å². The van der Waals surface area contributed by atoms with Crippen LogP contribution in [-0.2, 0) is 20.7 Å². The number of hydrogen-bond donors (Lipinski definition) is 0. The highest BCUT2D eigenvalue weighted by Crippen LogP contribution is 2.68. The molecule has 1 aromatic carbocycles. The molecule has 7 rings (SSSR count). The highest BCUT2D eigenvalue weighted by Gasteiger charge is 2.70. The van der Waals surface area contributed by atoms with Crippen molar-refractivity contribution in [2.24, 2.45) is 17.3 Å². The van der Waals surface area contributed by atoms with Crippen LogP contribution in [0.3, 0.4) is 0 Å². The third kappa shape index (κ3) is 3.31. The van der Waals surface area contributed by atoms with Crippen molar-refractivity contribution in [1.29, 1.82) is 0 Å². The lowest BCUT2D eigenvalue weighted by Gasteiger charge is -2.64. The van der Waals surface area contributed by atoms with E-state index in [1.165, 1.54) is 13.5 Å². The number of rotatable bonds is 6. The Morgan fingerprint density at radius 3 is 2.68 bits per heavy atom. The van der Waals surface area contributed by atoms with Crippen LogP contribution in [0, 0.1) is 17.3 Å². The van der Waals surface area contributed by atoms with Gasteiger partial charge in [-0.3, -0.25) is 0 Å². The smallest absolute Gasteiger partial charge is 0.461 e. The third-order valence-electron chi connectivity index (χ3n) is 9.10. The van der Waals surface area contributed by atoms with Crippen LogP contribution in [0.2, 0.25) is 5.82 Å². The van der Waals surface area contributed by atoms with E-state index in [0.717, 1.165) is 29.9 Å². The highest BCUT2D eigenvalue weighted by atomic mass is 16.7. The van der Waals surface area contributed by atoms with Crippen molar-refractivity contribution in [3.63, 3.8) is 0 Å². The lowest BCUT2D eigenvalue weighted by atomic mass is 9.43. The molecule has 1 aromatic heterocycles. The van der Waals surface area contributed by atoms with Gasteiger partial charge in [0, 0.05) is 17.6 Å². The quantitative estimate of drug-likeness (QED) is 0.444. The van der Waals surface area contributed by atoms with Gasteiger partial charge >= 0.3 is 13.1 Å². The summed E-state index contributed by atoms with van der Waals surface area (Å²) in [5.41, 5.74) is 2.34. The Morgan fingerprint density at radius 1 is 1.15 bits per heavy atom. The molecule has 5 aliphatic rings. The van der Waals surface area contributed by atoms with Gasteiger partial charge in [0.25, 0.3) is 0 Å². The summed E-state index contributed by atoms with van der Waals surface area (Å²) in [6.45, 7) is 7.37. The van der Waals surface area contributed by atoms with Crippen molar-refractivity contribution in [3.8, 4) is 5.75 Å². The summed E-state index contributed by atoms with van der Waals surface area (Å²) >= 11 is 0. The van der Waals surface area contributed by atoms with Gasteiger partial charge in [0.05, 0.1) is 18.8 Å². The van der Waals surface area contributed by atoms with Gasteiger partial charge in [0.15, 0.2) is 11.4 Å². The lowest BCUT2D eigenvalue weighted by Crippen LogP contribution is -2.65. The summed E-state index contributed by atoms with van der Waals surface area (Å²) < 4.78 is 24.5. The molecule has 7 heteroatoms. The zero-order chi connectivity index (χ0) is 23.7. The minimum absolute atomic E-state index is 0.174. The predicted octanol–water partition coefficient (Wildman–Crippen LogP) is 5.03. The fourth-order valence-electron chi connectivity index (χ4n) is 6.83. The molecule has 178 valence electrons. The second-order valence-corrected chi connectivity index (χ2v) is 11.2. The minimum atomic E-state index is -0.490. The second kappa shape index (κ2) is 7.82. The number of aromatic nitrogens is 1. The number of carbonyl (C=O) groups excluding carboxylic acids is 1. The Hall–Kier alpha value is -2.38. The molecule has 1 saturated heterocycles. The Kier molecular flexibility index (Phi) is 5.09. The molecule has 2 bridgehead atoms. The van der Waals surface area contributed by atoms with E-state index in [4.69, 9.17) is 18.8 Å². The first kappa shape index (κ1) is 22.1. The van der Waals surface area contributed by atoms with Gasteiger partial charge in [0.2, 0.25) is 0 Å². The van der Waals surface area contributed by atoms with Crippen molar-refractivity contribution in [1.82, 2.24) is 4.98 Å². The predicted molar refractivity (Wildman–Crippen MR) is 128 cm³/mol. The highest BCUT2D eigenvalue weighted by molar-refractivity contribution is 6.49. The van der Waals surface area contributed by atoms with Crippen LogP contribution in [0.25, 0.3) is 0 Å². The Labute approximate surface area is 201 Å². The second-order valence-electron chi connectivity index (χ2n) is 11.2. The van der Waals surface area contributed by atoms with Crippen molar-refractivity contribution in [2.45, 2.75) is 70.1 Å². The fourth-order valence-corrected chi connectivity index (χ4v) is 6.83. The number of nitrogens with zero attached hydrogens (tertiary/aromatic N) is 1. The maximum absolute atomic E-state index is 12.5. The van der Waals surface area contributed by atoms with Crippen LogP contribution in [0.4, 0.5) is 0 Å². The molecule has 4 saturated carbocycles. The average molecular weight is 461 g/mol. The average Bonchev–Trinajstić information content (AvgIpc) is 3.56. The molecule has 2 aromatic rings. The molecule has 6 nitrogen and oxygen atoms in total. The fraction of sp³-hybridized carbons (Fsp3) is 0.556. The van der Waals surface area contributed by atoms with Gasteiger partial charge in [-0.05, 0) is 61.0 Å². The van der Waals surface area contributed by atoms with Crippen LogP contribution in [0.1, 0.15) is 67.6 Å². The maximum atomic E-state index is 12.5. The van der Waals surface area contributed by atoms with E-state index in [9.17, 15) is 4.79 Å². The molecule has 1 aliphatic heterocycles. The van der Waals surface area contributed by atoms with Gasteiger partial charge in [-0.2, -0.15) is 0 Å². The van der Waals surface area contributed by atoms with Crippen LogP contribution in [-0.4, -0.2) is 36.9 Å². The molecule has 0 N–H and O–H groups in total. The van der Waals surface area contributed by atoms with Gasteiger partial charge < -0.3 is 18.8 Å². The first-order chi connectivity index (χ1) is 16.3. The van der Waals surface area contributed by atoms with E-state index in [1.807, 2.05) is 36.4 Å².